The Kier molecular flexibility index (Phi) is 3.95. The molecule has 0 aromatic heterocycles. The monoisotopic (exact) mass is 178 g/mol. The van der Waals surface area contributed by atoms with Crippen LogP contribution in [0.5, 0.6) is 0 Å². The molecule has 13 heavy (non-hydrogen) atoms. The van der Waals surface area contributed by atoms with Gasteiger partial charge in [-0.25, -0.2) is 0 Å². The van der Waals surface area contributed by atoms with E-state index in [0.717, 1.165) is 0 Å². The number of allylic oxidation sites excluding steroid dienone is 1. The third-order valence-corrected chi connectivity index (χ3v) is 1.69. The van der Waals surface area contributed by atoms with Crippen molar-refractivity contribution in [3.8, 4) is 0 Å². The van der Waals surface area contributed by atoms with Crippen LogP contribution in [0.15, 0.2) is 60.9 Å². The van der Waals surface area contributed by atoms with E-state index in [4.69, 9.17) is 10.2 Å². The molecule has 2 N–H and O–H groups in total. The van der Waals surface area contributed by atoms with Crippen LogP contribution in [-0.4, -0.2) is 16.8 Å². The second kappa shape index (κ2) is 4.48. The lowest BCUT2D eigenvalue weighted by Crippen LogP contribution is -1.98. The summed E-state index contributed by atoms with van der Waals surface area (Å²) < 4.78 is 0. The Morgan fingerprint density at radius 1 is 0.846 bits per heavy atom. The van der Waals surface area contributed by atoms with Crippen molar-refractivity contribution in [2.45, 2.75) is 0 Å². The van der Waals surface area contributed by atoms with Crippen molar-refractivity contribution >= 4 is 0 Å². The summed E-state index contributed by atoms with van der Waals surface area (Å²) in [6.45, 7) is 17.6. The molecule has 0 spiro atoms. The number of hydrogen-bond acceptors (Lipinski definition) is 2. The van der Waals surface area contributed by atoms with Gasteiger partial charge in [-0.1, -0.05) is 32.9 Å². The van der Waals surface area contributed by atoms with Gasteiger partial charge in [0, 0.05) is 5.57 Å². The molecule has 0 saturated carbocycles. The molecule has 0 aliphatic rings. The van der Waals surface area contributed by atoms with Gasteiger partial charge in [-0.3, -0.25) is 0 Å². The molecule has 70 valence electrons. The van der Waals surface area contributed by atoms with Crippen LogP contribution in [0.2, 0.25) is 0 Å². The molecule has 0 atom stereocenters. The second-order valence-electron chi connectivity index (χ2n) is 2.64. The summed E-state index contributed by atoms with van der Waals surface area (Å²) in [4.78, 5) is 0. The summed E-state index contributed by atoms with van der Waals surface area (Å²) in [6, 6.07) is 0. The lowest BCUT2D eigenvalue weighted by Gasteiger charge is -2.11. The molecular formula is C11H14O2. The number of hydrogen-bond donors (Lipinski definition) is 2. The van der Waals surface area contributed by atoms with Gasteiger partial charge in [0.15, 0.2) is 0 Å². The van der Waals surface area contributed by atoms with Crippen molar-refractivity contribution in [2.24, 2.45) is 0 Å². The average molecular weight is 178 g/mol. The lowest BCUT2D eigenvalue weighted by atomic mass is 9.96. The predicted octanol–water partition coefficient (Wildman–Crippen LogP) is 2.28. The Hall–Kier alpha value is -1.54. The summed E-state index contributed by atoms with van der Waals surface area (Å²) in [5, 5.41) is 17.8. The topological polar surface area (TPSA) is 40.5 Å². The van der Waals surface area contributed by atoms with Crippen LogP contribution in [0, 0.1) is 0 Å². The van der Waals surface area contributed by atoms with E-state index in [0.29, 0.717) is 22.3 Å². The standard InChI is InChI=1S/C11H14O2/c1-7(6-12)8(2)9(3)10(4)11(5)13/h12-13H,1-6H2. The van der Waals surface area contributed by atoms with E-state index >= 15 is 0 Å². The quantitative estimate of drug-likeness (QED) is 0.501. The summed E-state index contributed by atoms with van der Waals surface area (Å²) in [5.74, 6) is -0.156. The van der Waals surface area contributed by atoms with Gasteiger partial charge in [0.2, 0.25) is 0 Å². The van der Waals surface area contributed by atoms with Crippen molar-refractivity contribution in [1.29, 1.82) is 0 Å². The van der Waals surface area contributed by atoms with Crippen LogP contribution in [0.25, 0.3) is 0 Å². The molecule has 0 heterocycles. The normalized spacial score (nSPS) is 9.00. The third kappa shape index (κ3) is 2.76. The molecule has 0 aromatic carbocycles. The van der Waals surface area contributed by atoms with E-state index in [-0.39, 0.29) is 12.4 Å². The maximum Gasteiger partial charge on any atom is 0.115 e. The van der Waals surface area contributed by atoms with E-state index in [1.807, 2.05) is 0 Å². The number of aliphatic hydroxyl groups excluding tert-OH is 2. The molecule has 2 heteroatoms. The van der Waals surface area contributed by atoms with Crippen LogP contribution in [0.3, 0.4) is 0 Å². The minimum Gasteiger partial charge on any atom is -0.508 e. The highest BCUT2D eigenvalue weighted by atomic mass is 16.3. The zero-order valence-electron chi connectivity index (χ0n) is 7.64. The van der Waals surface area contributed by atoms with Gasteiger partial charge in [0.1, 0.15) is 5.76 Å². The average Bonchev–Trinajstić information content (AvgIpc) is 2.12. The third-order valence-electron chi connectivity index (χ3n) is 1.69. The summed E-state index contributed by atoms with van der Waals surface area (Å²) >= 11 is 0. The Balaban J connectivity index is 4.63. The van der Waals surface area contributed by atoms with Crippen LogP contribution < -0.4 is 0 Å². The Morgan fingerprint density at radius 3 is 1.62 bits per heavy atom. The van der Waals surface area contributed by atoms with Crippen molar-refractivity contribution in [2.75, 3.05) is 6.61 Å². The molecule has 2 nitrogen and oxygen atoms in total. The first-order valence-corrected chi connectivity index (χ1v) is 3.66. The SMILES string of the molecule is C=C(O)C(=C)C(=C)C(=C)C(=C)CO. The summed E-state index contributed by atoms with van der Waals surface area (Å²) in [5.41, 5.74) is 1.67. The van der Waals surface area contributed by atoms with Crippen LogP contribution in [0.1, 0.15) is 0 Å². The largest absolute Gasteiger partial charge is 0.508 e. The van der Waals surface area contributed by atoms with Gasteiger partial charge >= 0.3 is 0 Å². The molecule has 0 rings (SSSR count). The van der Waals surface area contributed by atoms with E-state index in [1.54, 1.807) is 0 Å². The minimum atomic E-state index is -0.191. The molecule has 0 aromatic rings. The highest BCUT2D eigenvalue weighted by Crippen LogP contribution is 2.23. The maximum absolute atomic E-state index is 9.01. The Morgan fingerprint density at radius 2 is 1.31 bits per heavy atom. The zero-order valence-corrected chi connectivity index (χ0v) is 7.64. The first kappa shape index (κ1) is 11.5. The maximum atomic E-state index is 9.01. The molecule has 0 fully saturated rings. The molecular weight excluding hydrogens is 164 g/mol. The van der Waals surface area contributed by atoms with Gasteiger partial charge in [-0.05, 0) is 16.7 Å². The number of aliphatic hydroxyl groups is 2. The van der Waals surface area contributed by atoms with Crippen LogP contribution in [-0.2, 0) is 0 Å². The molecule has 0 radical (unpaired) electrons. The van der Waals surface area contributed by atoms with E-state index in [2.05, 4.69) is 32.9 Å². The first-order chi connectivity index (χ1) is 5.91. The van der Waals surface area contributed by atoms with Crippen molar-refractivity contribution in [3.05, 3.63) is 60.9 Å². The van der Waals surface area contributed by atoms with Gasteiger partial charge < -0.3 is 10.2 Å². The van der Waals surface area contributed by atoms with E-state index in [1.165, 1.54) is 0 Å². The van der Waals surface area contributed by atoms with Gasteiger partial charge in [-0.15, -0.1) is 0 Å². The fourth-order valence-electron chi connectivity index (χ4n) is 0.665. The first-order valence-electron chi connectivity index (χ1n) is 3.66. The van der Waals surface area contributed by atoms with E-state index < -0.39 is 0 Å². The Bertz CT molecular complexity index is 295. The summed E-state index contributed by atoms with van der Waals surface area (Å²) in [6.07, 6.45) is 0. The van der Waals surface area contributed by atoms with Crippen molar-refractivity contribution in [1.82, 2.24) is 0 Å². The predicted molar refractivity (Wildman–Crippen MR) is 55.4 cm³/mol. The molecule has 0 saturated heterocycles. The van der Waals surface area contributed by atoms with Crippen molar-refractivity contribution < 1.29 is 10.2 Å². The minimum absolute atomic E-state index is 0.156. The highest BCUT2D eigenvalue weighted by Gasteiger charge is 2.08. The molecule has 0 amide bonds. The zero-order chi connectivity index (χ0) is 10.6. The fourth-order valence-corrected chi connectivity index (χ4v) is 0.665. The van der Waals surface area contributed by atoms with Gasteiger partial charge in [0.25, 0.3) is 0 Å². The van der Waals surface area contributed by atoms with Gasteiger partial charge in [-0.2, -0.15) is 0 Å². The summed E-state index contributed by atoms with van der Waals surface area (Å²) in [7, 11) is 0. The lowest BCUT2D eigenvalue weighted by molar-refractivity contribution is 0.334. The molecule has 0 unspecified atom stereocenters. The van der Waals surface area contributed by atoms with Crippen LogP contribution >= 0.6 is 0 Å². The highest BCUT2D eigenvalue weighted by molar-refractivity contribution is 5.56. The second-order valence-corrected chi connectivity index (χ2v) is 2.64. The smallest absolute Gasteiger partial charge is 0.115 e. The molecule has 0 bridgehead atoms. The molecule has 0 aliphatic carbocycles. The fraction of sp³-hybridized carbons (Fsp3) is 0.0909. The number of rotatable bonds is 5. The van der Waals surface area contributed by atoms with Crippen LogP contribution in [0.4, 0.5) is 0 Å². The van der Waals surface area contributed by atoms with Gasteiger partial charge in [0.05, 0.1) is 6.61 Å². The van der Waals surface area contributed by atoms with E-state index in [9.17, 15) is 0 Å². The van der Waals surface area contributed by atoms with Crippen molar-refractivity contribution in [3.63, 3.8) is 0 Å². The Labute approximate surface area is 78.5 Å². The molecule has 0 aliphatic heterocycles.